The maximum Gasteiger partial charge on any atom is 0.327 e. The third-order valence-electron chi connectivity index (χ3n) is 2.61. The summed E-state index contributed by atoms with van der Waals surface area (Å²) >= 11 is 0. The van der Waals surface area contributed by atoms with Gasteiger partial charge in [0.25, 0.3) is 0 Å². The second-order valence-electron chi connectivity index (χ2n) is 4.07. The largest absolute Gasteiger partial charge is 0.327 e. The predicted molar refractivity (Wildman–Crippen MR) is 62.0 cm³/mol. The normalized spacial score (nSPS) is 18.1. The fourth-order valence-corrected chi connectivity index (χ4v) is 1.95. The van der Waals surface area contributed by atoms with Crippen LogP contribution in [0.25, 0.3) is 0 Å². The van der Waals surface area contributed by atoms with E-state index in [0.29, 0.717) is 18.4 Å². The maximum atomic E-state index is 10.3. The number of hydrogen-bond donors (Lipinski definition) is 0. The minimum Gasteiger partial charge on any atom is -0.309 e. The lowest BCUT2D eigenvalue weighted by molar-refractivity contribution is 0.221. The zero-order valence-electron chi connectivity index (χ0n) is 9.30. The second kappa shape index (κ2) is 6.89. The summed E-state index contributed by atoms with van der Waals surface area (Å²) in [6, 6.07) is 0. The van der Waals surface area contributed by atoms with E-state index >= 15 is 0 Å². The molecule has 1 aliphatic carbocycles. The van der Waals surface area contributed by atoms with Crippen molar-refractivity contribution < 1.29 is 9.09 Å². The van der Waals surface area contributed by atoms with Gasteiger partial charge in [0.1, 0.15) is 0 Å². The van der Waals surface area contributed by atoms with E-state index in [0.717, 1.165) is 13.0 Å². The third-order valence-corrected chi connectivity index (χ3v) is 2.87. The van der Waals surface area contributed by atoms with Gasteiger partial charge in [0.05, 0.1) is 6.61 Å². The number of hydrogen-bond acceptors (Lipinski definition) is 3. The van der Waals surface area contributed by atoms with Crippen molar-refractivity contribution in [1.82, 2.24) is 4.90 Å². The molecule has 1 unspecified atom stereocenters. The molecule has 0 fully saturated rings. The monoisotopic (exact) mass is 227 g/mol. The Hall–Kier alpha value is -0.500. The van der Waals surface area contributed by atoms with Gasteiger partial charge in [-0.05, 0) is 33.0 Å². The first kappa shape index (κ1) is 12.6. The van der Waals surface area contributed by atoms with Crippen LogP contribution in [0.3, 0.4) is 0 Å². The van der Waals surface area contributed by atoms with E-state index < -0.39 is 0 Å². The molecule has 1 atom stereocenters. The van der Waals surface area contributed by atoms with Crippen LogP contribution < -0.4 is 0 Å². The molecule has 0 aromatic carbocycles. The Labute approximate surface area is 93.1 Å². The molecular formula is C11H18NO2P. The predicted octanol–water partition coefficient (Wildman–Crippen LogP) is 2.52. The average Bonchev–Trinajstić information content (AvgIpc) is 2.71. The van der Waals surface area contributed by atoms with Crippen LogP contribution in [-0.2, 0) is 9.09 Å². The van der Waals surface area contributed by atoms with Crippen LogP contribution in [0.2, 0.25) is 0 Å². The summed E-state index contributed by atoms with van der Waals surface area (Å²) in [4.78, 5) is 2.16. The summed E-state index contributed by atoms with van der Waals surface area (Å²) in [5, 5.41) is 0. The molecule has 0 heterocycles. The molecule has 4 heteroatoms. The minimum absolute atomic E-state index is 0.218. The van der Waals surface area contributed by atoms with Gasteiger partial charge in [-0.15, -0.1) is 0 Å². The van der Waals surface area contributed by atoms with E-state index in [4.69, 9.17) is 4.52 Å². The van der Waals surface area contributed by atoms with Gasteiger partial charge < -0.3 is 4.90 Å². The van der Waals surface area contributed by atoms with Crippen molar-refractivity contribution in [3.05, 3.63) is 24.3 Å². The molecule has 0 saturated heterocycles. The average molecular weight is 227 g/mol. The van der Waals surface area contributed by atoms with Gasteiger partial charge in [0.2, 0.25) is 0 Å². The Morgan fingerprint density at radius 2 is 2.07 bits per heavy atom. The van der Waals surface area contributed by atoms with Crippen molar-refractivity contribution in [2.45, 2.75) is 6.42 Å². The van der Waals surface area contributed by atoms with Gasteiger partial charge in [-0.1, -0.05) is 24.3 Å². The third kappa shape index (κ3) is 4.70. The van der Waals surface area contributed by atoms with Crippen LogP contribution in [0.4, 0.5) is 0 Å². The molecule has 0 N–H and O–H groups in total. The quantitative estimate of drug-likeness (QED) is 0.626. The molecule has 0 aromatic heterocycles. The Kier molecular flexibility index (Phi) is 5.77. The van der Waals surface area contributed by atoms with E-state index in [2.05, 4.69) is 43.3 Å². The summed E-state index contributed by atoms with van der Waals surface area (Å²) in [5.74, 6) is 0.857. The van der Waals surface area contributed by atoms with Crippen molar-refractivity contribution in [1.29, 1.82) is 0 Å². The fourth-order valence-electron chi connectivity index (χ4n) is 1.70. The highest BCUT2D eigenvalue weighted by Gasteiger charge is 2.19. The van der Waals surface area contributed by atoms with E-state index in [1.54, 1.807) is 0 Å². The summed E-state index contributed by atoms with van der Waals surface area (Å²) < 4.78 is 15.3. The van der Waals surface area contributed by atoms with Gasteiger partial charge in [0.15, 0.2) is 0 Å². The Morgan fingerprint density at radius 1 is 1.40 bits per heavy atom. The van der Waals surface area contributed by atoms with Crippen LogP contribution in [0.15, 0.2) is 24.3 Å². The first-order valence-electron chi connectivity index (χ1n) is 5.18. The van der Waals surface area contributed by atoms with Crippen molar-refractivity contribution in [3.8, 4) is 0 Å². The molecule has 0 aliphatic heterocycles. The van der Waals surface area contributed by atoms with Crippen LogP contribution in [0.5, 0.6) is 0 Å². The molecule has 3 nitrogen and oxygen atoms in total. The highest BCUT2D eigenvalue weighted by Crippen LogP contribution is 2.24. The van der Waals surface area contributed by atoms with E-state index in [-0.39, 0.29) is 8.69 Å². The van der Waals surface area contributed by atoms with Crippen LogP contribution in [0, 0.1) is 11.8 Å². The molecule has 0 amide bonds. The molecular weight excluding hydrogens is 209 g/mol. The second-order valence-corrected chi connectivity index (χ2v) is 4.48. The molecule has 0 bridgehead atoms. The summed E-state index contributed by atoms with van der Waals surface area (Å²) in [6.07, 6.45) is 9.52. The molecule has 1 rings (SSSR count). The Morgan fingerprint density at radius 3 is 2.60 bits per heavy atom. The SMILES string of the molecule is CN(C)CCC(COP=O)C1C=CC=C1. The van der Waals surface area contributed by atoms with Crippen molar-refractivity contribution in [2.75, 3.05) is 27.2 Å². The van der Waals surface area contributed by atoms with Gasteiger partial charge in [0, 0.05) is 5.92 Å². The highest BCUT2D eigenvalue weighted by molar-refractivity contribution is 7.17. The number of rotatable bonds is 7. The molecule has 84 valence electrons. The van der Waals surface area contributed by atoms with Crippen molar-refractivity contribution >= 4 is 8.69 Å². The smallest absolute Gasteiger partial charge is 0.309 e. The molecule has 15 heavy (non-hydrogen) atoms. The van der Waals surface area contributed by atoms with E-state index in [9.17, 15) is 4.57 Å². The summed E-state index contributed by atoms with van der Waals surface area (Å²) in [6.45, 7) is 1.58. The molecule has 0 aromatic rings. The van der Waals surface area contributed by atoms with Gasteiger partial charge in [-0.25, -0.2) is 4.57 Å². The van der Waals surface area contributed by atoms with Crippen molar-refractivity contribution in [3.63, 3.8) is 0 Å². The lowest BCUT2D eigenvalue weighted by atomic mass is 9.91. The summed E-state index contributed by atoms with van der Waals surface area (Å²) in [7, 11) is 3.90. The van der Waals surface area contributed by atoms with E-state index in [1.807, 2.05) is 0 Å². The van der Waals surface area contributed by atoms with Crippen LogP contribution in [0.1, 0.15) is 6.42 Å². The topological polar surface area (TPSA) is 29.5 Å². The van der Waals surface area contributed by atoms with E-state index in [1.165, 1.54) is 0 Å². The highest BCUT2D eigenvalue weighted by atomic mass is 31.1. The fraction of sp³-hybridized carbons (Fsp3) is 0.636. The van der Waals surface area contributed by atoms with Crippen molar-refractivity contribution in [2.24, 2.45) is 11.8 Å². The first-order valence-corrected chi connectivity index (χ1v) is 5.91. The van der Waals surface area contributed by atoms with Gasteiger partial charge in [-0.2, -0.15) is 0 Å². The lowest BCUT2D eigenvalue weighted by Gasteiger charge is -2.21. The number of nitrogens with zero attached hydrogens (tertiary/aromatic N) is 1. The lowest BCUT2D eigenvalue weighted by Crippen LogP contribution is -2.22. The molecule has 1 aliphatic rings. The van der Waals surface area contributed by atoms with Gasteiger partial charge in [-0.3, -0.25) is 4.52 Å². The van der Waals surface area contributed by atoms with Gasteiger partial charge >= 0.3 is 8.69 Å². The molecule has 0 radical (unpaired) electrons. The molecule has 0 saturated carbocycles. The minimum atomic E-state index is -0.218. The maximum absolute atomic E-state index is 10.3. The standard InChI is InChI=1S/C11H18NO2P/c1-12(2)8-7-11(9-14-15-13)10-5-3-4-6-10/h3-6,10-11H,7-9H2,1-2H3. The first-order chi connectivity index (χ1) is 7.24. The molecule has 0 spiro atoms. The zero-order valence-corrected chi connectivity index (χ0v) is 10.2. The van der Waals surface area contributed by atoms with Crippen LogP contribution >= 0.6 is 8.69 Å². The Bertz CT molecular complexity index is 239. The Balaban J connectivity index is 2.41. The summed E-state index contributed by atoms with van der Waals surface area (Å²) in [5.41, 5.74) is 0. The zero-order chi connectivity index (χ0) is 11.1. The number of allylic oxidation sites excluding steroid dienone is 4. The van der Waals surface area contributed by atoms with Crippen LogP contribution in [-0.4, -0.2) is 32.1 Å².